The molecule has 18 heavy (non-hydrogen) atoms. The van der Waals surface area contributed by atoms with Gasteiger partial charge in [-0.25, -0.2) is 0 Å². The van der Waals surface area contributed by atoms with Gasteiger partial charge in [-0.05, 0) is 46.1 Å². The van der Waals surface area contributed by atoms with Gasteiger partial charge in [-0.1, -0.05) is 0 Å². The summed E-state index contributed by atoms with van der Waals surface area (Å²) >= 11 is 0. The molecule has 0 saturated heterocycles. The first kappa shape index (κ1) is 16.9. The highest BCUT2D eigenvalue weighted by Crippen LogP contribution is 1.95. The lowest BCUT2D eigenvalue weighted by Crippen LogP contribution is -2.31. The maximum absolute atomic E-state index is 8.62. The topological polar surface area (TPSA) is 74.9 Å². The zero-order valence-corrected chi connectivity index (χ0v) is 11.4. The molecular formula is C13H25N5. The van der Waals surface area contributed by atoms with Gasteiger partial charge < -0.3 is 15.5 Å². The molecule has 0 aromatic carbocycles. The Morgan fingerprint density at radius 1 is 0.889 bits per heavy atom. The fourth-order valence-corrected chi connectivity index (χ4v) is 1.72. The van der Waals surface area contributed by atoms with Gasteiger partial charge in [0.05, 0.1) is 12.1 Å². The van der Waals surface area contributed by atoms with Crippen molar-refractivity contribution in [2.45, 2.75) is 25.7 Å². The molecule has 102 valence electrons. The maximum Gasteiger partial charge on any atom is 0.0635 e. The smallest absolute Gasteiger partial charge is 0.0635 e. The van der Waals surface area contributed by atoms with Crippen LogP contribution in [0.3, 0.4) is 0 Å². The van der Waals surface area contributed by atoms with Gasteiger partial charge in [0.15, 0.2) is 0 Å². The van der Waals surface area contributed by atoms with E-state index in [1.54, 1.807) is 0 Å². The standard InChI is InChI=1S/C13H25N5/c1-16-8-4-12-18(11-3-7-15)13-5-10-17-9-2-6-14/h16-17H,2-5,8-13H2,1H3. The Morgan fingerprint density at radius 2 is 1.56 bits per heavy atom. The monoisotopic (exact) mass is 251 g/mol. The van der Waals surface area contributed by atoms with Crippen molar-refractivity contribution in [2.75, 3.05) is 46.3 Å². The summed E-state index contributed by atoms with van der Waals surface area (Å²) in [6.45, 7) is 5.65. The van der Waals surface area contributed by atoms with E-state index >= 15 is 0 Å². The summed E-state index contributed by atoms with van der Waals surface area (Å²) in [6.07, 6.45) is 3.35. The largest absolute Gasteiger partial charge is 0.320 e. The summed E-state index contributed by atoms with van der Waals surface area (Å²) in [4.78, 5) is 2.34. The molecule has 0 fully saturated rings. The van der Waals surface area contributed by atoms with Crippen LogP contribution in [0.5, 0.6) is 0 Å². The molecule has 0 aliphatic heterocycles. The van der Waals surface area contributed by atoms with Crippen LogP contribution < -0.4 is 10.6 Å². The van der Waals surface area contributed by atoms with Crippen LogP contribution in [0, 0.1) is 22.7 Å². The molecule has 5 nitrogen and oxygen atoms in total. The van der Waals surface area contributed by atoms with E-state index in [-0.39, 0.29) is 0 Å². The van der Waals surface area contributed by atoms with Gasteiger partial charge >= 0.3 is 0 Å². The highest BCUT2D eigenvalue weighted by molar-refractivity contribution is 4.73. The Bertz CT molecular complexity index is 253. The summed E-state index contributed by atoms with van der Waals surface area (Å²) in [5.41, 5.74) is 0. The first-order valence-corrected chi connectivity index (χ1v) is 6.66. The van der Waals surface area contributed by atoms with Gasteiger partial charge in [-0.15, -0.1) is 0 Å². The second kappa shape index (κ2) is 13.9. The van der Waals surface area contributed by atoms with E-state index in [9.17, 15) is 0 Å². The molecule has 0 aromatic heterocycles. The van der Waals surface area contributed by atoms with Gasteiger partial charge in [-0.3, -0.25) is 0 Å². The quantitative estimate of drug-likeness (QED) is 0.500. The predicted octanol–water partition coefficient (Wildman–Crippen LogP) is 0.705. The first-order valence-electron chi connectivity index (χ1n) is 6.66. The lowest BCUT2D eigenvalue weighted by molar-refractivity contribution is 0.271. The van der Waals surface area contributed by atoms with Gasteiger partial charge in [0.25, 0.3) is 0 Å². The van der Waals surface area contributed by atoms with Crippen molar-refractivity contribution in [3.05, 3.63) is 0 Å². The molecule has 5 heteroatoms. The van der Waals surface area contributed by atoms with Crippen LogP contribution in [0.4, 0.5) is 0 Å². The Balaban J connectivity index is 3.59. The van der Waals surface area contributed by atoms with Gasteiger partial charge in [0.1, 0.15) is 0 Å². The van der Waals surface area contributed by atoms with E-state index in [4.69, 9.17) is 10.5 Å². The van der Waals surface area contributed by atoms with Crippen LogP contribution in [0.1, 0.15) is 25.7 Å². The van der Waals surface area contributed by atoms with Crippen molar-refractivity contribution in [1.82, 2.24) is 15.5 Å². The summed E-state index contributed by atoms with van der Waals surface area (Å²) in [7, 11) is 1.96. The van der Waals surface area contributed by atoms with E-state index in [1.807, 2.05) is 7.05 Å². The average molecular weight is 251 g/mol. The molecule has 0 heterocycles. The van der Waals surface area contributed by atoms with E-state index in [0.29, 0.717) is 12.8 Å². The van der Waals surface area contributed by atoms with Crippen molar-refractivity contribution in [2.24, 2.45) is 0 Å². The highest BCUT2D eigenvalue weighted by atomic mass is 15.1. The van der Waals surface area contributed by atoms with Crippen molar-refractivity contribution in [3.63, 3.8) is 0 Å². The fourth-order valence-electron chi connectivity index (χ4n) is 1.72. The molecule has 0 rings (SSSR count). The number of nitriles is 2. The van der Waals surface area contributed by atoms with Crippen molar-refractivity contribution < 1.29 is 0 Å². The molecule has 0 radical (unpaired) electrons. The maximum atomic E-state index is 8.62. The van der Waals surface area contributed by atoms with Crippen LogP contribution in [0.2, 0.25) is 0 Å². The first-order chi connectivity index (χ1) is 8.85. The summed E-state index contributed by atoms with van der Waals surface area (Å²) in [5.74, 6) is 0. The molecule has 0 aliphatic carbocycles. The van der Waals surface area contributed by atoms with E-state index in [2.05, 4.69) is 27.7 Å². The number of hydrogen-bond acceptors (Lipinski definition) is 5. The van der Waals surface area contributed by atoms with Gasteiger partial charge in [-0.2, -0.15) is 10.5 Å². The van der Waals surface area contributed by atoms with Crippen LogP contribution in [-0.2, 0) is 0 Å². The SMILES string of the molecule is CNCCCN(CCC#N)CCCNCCC#N. The fraction of sp³-hybridized carbons (Fsp3) is 0.846. The minimum absolute atomic E-state index is 0.570. The third-order valence-corrected chi connectivity index (χ3v) is 2.68. The molecule has 0 spiro atoms. The van der Waals surface area contributed by atoms with Crippen LogP contribution >= 0.6 is 0 Å². The Labute approximate surface area is 111 Å². The molecule has 0 aliphatic rings. The van der Waals surface area contributed by atoms with Crippen molar-refractivity contribution >= 4 is 0 Å². The van der Waals surface area contributed by atoms with E-state index < -0.39 is 0 Å². The third-order valence-electron chi connectivity index (χ3n) is 2.68. The second-order valence-corrected chi connectivity index (χ2v) is 4.22. The van der Waals surface area contributed by atoms with Gasteiger partial charge in [0, 0.05) is 25.9 Å². The molecule has 0 atom stereocenters. The number of hydrogen-bond donors (Lipinski definition) is 2. The molecule has 0 aromatic rings. The lowest BCUT2D eigenvalue weighted by atomic mass is 10.3. The lowest BCUT2D eigenvalue weighted by Gasteiger charge is -2.21. The molecule has 0 bridgehead atoms. The zero-order chi connectivity index (χ0) is 13.5. The molecule has 0 unspecified atom stereocenters. The Kier molecular flexibility index (Phi) is 13.0. The van der Waals surface area contributed by atoms with Crippen LogP contribution in [-0.4, -0.2) is 51.2 Å². The van der Waals surface area contributed by atoms with Crippen LogP contribution in [0.25, 0.3) is 0 Å². The molecular weight excluding hydrogens is 226 g/mol. The third kappa shape index (κ3) is 11.3. The zero-order valence-electron chi connectivity index (χ0n) is 11.4. The second-order valence-electron chi connectivity index (χ2n) is 4.22. The summed E-state index contributed by atoms with van der Waals surface area (Å²) in [5, 5.41) is 23.4. The van der Waals surface area contributed by atoms with Crippen molar-refractivity contribution in [3.8, 4) is 12.1 Å². The normalized spacial score (nSPS) is 10.2. The molecule has 2 N–H and O–H groups in total. The van der Waals surface area contributed by atoms with Gasteiger partial charge in [0.2, 0.25) is 0 Å². The minimum atomic E-state index is 0.570. The molecule has 0 amide bonds. The summed E-state index contributed by atoms with van der Waals surface area (Å²) in [6, 6.07) is 4.31. The Morgan fingerprint density at radius 3 is 2.17 bits per heavy atom. The number of rotatable bonds is 12. The van der Waals surface area contributed by atoms with E-state index in [0.717, 1.165) is 52.1 Å². The highest BCUT2D eigenvalue weighted by Gasteiger charge is 2.03. The molecule has 0 saturated carbocycles. The Hall–Kier alpha value is -1.14. The summed E-state index contributed by atoms with van der Waals surface area (Å²) < 4.78 is 0. The average Bonchev–Trinajstić information content (AvgIpc) is 2.39. The number of nitrogens with zero attached hydrogens (tertiary/aromatic N) is 3. The minimum Gasteiger partial charge on any atom is -0.320 e. The van der Waals surface area contributed by atoms with Crippen molar-refractivity contribution in [1.29, 1.82) is 10.5 Å². The van der Waals surface area contributed by atoms with E-state index in [1.165, 1.54) is 0 Å². The number of nitrogens with one attached hydrogen (secondary N) is 2. The predicted molar refractivity (Wildman–Crippen MR) is 72.9 cm³/mol. The van der Waals surface area contributed by atoms with Crippen LogP contribution in [0.15, 0.2) is 0 Å².